The lowest BCUT2D eigenvalue weighted by Gasteiger charge is -2.09. The number of para-hydroxylation sites is 1. The number of rotatable bonds is 8. The van der Waals surface area contributed by atoms with Crippen LogP contribution in [0, 0.1) is 5.92 Å². The maximum atomic E-state index is 5.99. The molecule has 0 amide bonds. The zero-order valence-corrected chi connectivity index (χ0v) is 13.0. The molecule has 2 aromatic rings. The van der Waals surface area contributed by atoms with Gasteiger partial charge in [0, 0.05) is 30.1 Å². The molecular formula is C18H25NO2. The Morgan fingerprint density at radius 1 is 1.29 bits per heavy atom. The van der Waals surface area contributed by atoms with Crippen LogP contribution in [-0.4, -0.2) is 12.6 Å². The van der Waals surface area contributed by atoms with Gasteiger partial charge in [0.05, 0.1) is 0 Å². The van der Waals surface area contributed by atoms with Gasteiger partial charge in [-0.25, -0.2) is 0 Å². The molecule has 1 saturated carbocycles. The van der Waals surface area contributed by atoms with E-state index in [0.717, 1.165) is 30.4 Å². The normalized spacial score (nSPS) is 15.2. The van der Waals surface area contributed by atoms with Crippen LogP contribution in [0.15, 0.2) is 28.7 Å². The minimum absolute atomic E-state index is 0.460. The van der Waals surface area contributed by atoms with Crippen LogP contribution in [0.3, 0.4) is 0 Å². The van der Waals surface area contributed by atoms with Crippen molar-refractivity contribution < 1.29 is 9.15 Å². The molecule has 21 heavy (non-hydrogen) atoms. The van der Waals surface area contributed by atoms with E-state index in [-0.39, 0.29) is 0 Å². The minimum Gasteiger partial charge on any atom is -0.458 e. The molecule has 1 aliphatic rings. The first-order valence-corrected chi connectivity index (χ1v) is 8.04. The Labute approximate surface area is 126 Å². The molecule has 1 aromatic heterocycles. The Hall–Kier alpha value is -1.32. The maximum absolute atomic E-state index is 5.99. The van der Waals surface area contributed by atoms with E-state index in [1.165, 1.54) is 30.2 Å². The fraction of sp³-hybridized carbons (Fsp3) is 0.556. The van der Waals surface area contributed by atoms with Gasteiger partial charge >= 0.3 is 0 Å². The summed E-state index contributed by atoms with van der Waals surface area (Å²) < 4.78 is 11.8. The van der Waals surface area contributed by atoms with Crippen molar-refractivity contribution in [1.82, 2.24) is 5.32 Å². The summed E-state index contributed by atoms with van der Waals surface area (Å²) in [5.74, 6) is 1.89. The second-order valence-corrected chi connectivity index (χ2v) is 6.32. The molecule has 3 rings (SSSR count). The van der Waals surface area contributed by atoms with Gasteiger partial charge in [-0.15, -0.1) is 0 Å². The van der Waals surface area contributed by atoms with Crippen LogP contribution < -0.4 is 5.32 Å². The zero-order chi connectivity index (χ0) is 14.7. The number of benzene rings is 1. The summed E-state index contributed by atoms with van der Waals surface area (Å²) >= 11 is 0. The monoisotopic (exact) mass is 287 g/mol. The number of hydrogen-bond donors (Lipinski definition) is 1. The van der Waals surface area contributed by atoms with E-state index in [4.69, 9.17) is 9.15 Å². The van der Waals surface area contributed by atoms with Crippen molar-refractivity contribution in [2.24, 2.45) is 5.92 Å². The van der Waals surface area contributed by atoms with E-state index in [1.54, 1.807) is 0 Å². The van der Waals surface area contributed by atoms with E-state index in [1.807, 2.05) is 12.1 Å². The standard InChI is InChI=1S/C18H25NO2/c1-13(2)19-11-16-15-5-3-4-6-17(15)21-18(16)12-20-10-9-14-7-8-14/h3-6,13-14,19H,7-12H2,1-2H3. The first-order valence-electron chi connectivity index (χ1n) is 8.04. The number of nitrogens with one attached hydrogen (secondary N) is 1. The Balaban J connectivity index is 1.69. The van der Waals surface area contributed by atoms with Crippen LogP contribution in [0.25, 0.3) is 11.0 Å². The highest BCUT2D eigenvalue weighted by atomic mass is 16.5. The quantitative estimate of drug-likeness (QED) is 0.737. The summed E-state index contributed by atoms with van der Waals surface area (Å²) in [6.07, 6.45) is 3.97. The number of hydrogen-bond acceptors (Lipinski definition) is 3. The molecule has 0 bridgehead atoms. The van der Waals surface area contributed by atoms with Crippen LogP contribution in [-0.2, 0) is 17.9 Å². The van der Waals surface area contributed by atoms with Crippen molar-refractivity contribution in [2.75, 3.05) is 6.61 Å². The van der Waals surface area contributed by atoms with Gasteiger partial charge in [-0.05, 0) is 18.4 Å². The van der Waals surface area contributed by atoms with Gasteiger partial charge in [0.1, 0.15) is 18.0 Å². The predicted octanol–water partition coefficient (Wildman–Crippen LogP) is 4.25. The molecule has 1 N–H and O–H groups in total. The van der Waals surface area contributed by atoms with Gasteiger partial charge in [-0.3, -0.25) is 0 Å². The van der Waals surface area contributed by atoms with Gasteiger partial charge in [-0.2, -0.15) is 0 Å². The van der Waals surface area contributed by atoms with Gasteiger partial charge in [0.2, 0.25) is 0 Å². The first-order chi connectivity index (χ1) is 10.2. The summed E-state index contributed by atoms with van der Waals surface area (Å²) in [4.78, 5) is 0. The average Bonchev–Trinajstić information content (AvgIpc) is 3.22. The Bertz CT molecular complexity index is 584. The van der Waals surface area contributed by atoms with Gasteiger partial charge < -0.3 is 14.5 Å². The van der Waals surface area contributed by atoms with E-state index >= 15 is 0 Å². The molecule has 114 valence electrons. The fourth-order valence-corrected chi connectivity index (χ4v) is 2.59. The van der Waals surface area contributed by atoms with Crippen LogP contribution in [0.1, 0.15) is 44.4 Å². The Morgan fingerprint density at radius 2 is 2.10 bits per heavy atom. The van der Waals surface area contributed by atoms with Gasteiger partial charge in [0.25, 0.3) is 0 Å². The fourth-order valence-electron chi connectivity index (χ4n) is 2.59. The molecule has 0 unspecified atom stereocenters. The Kier molecular flexibility index (Phi) is 4.61. The highest BCUT2D eigenvalue weighted by Crippen LogP contribution is 2.32. The third-order valence-electron chi connectivity index (χ3n) is 4.07. The number of ether oxygens (including phenoxy) is 1. The summed E-state index contributed by atoms with van der Waals surface area (Å²) in [5, 5.41) is 4.68. The second-order valence-electron chi connectivity index (χ2n) is 6.32. The van der Waals surface area contributed by atoms with Gasteiger partial charge in [-0.1, -0.05) is 44.9 Å². The molecule has 0 saturated heterocycles. The summed E-state index contributed by atoms with van der Waals surface area (Å²) in [5.41, 5.74) is 2.20. The highest BCUT2D eigenvalue weighted by molar-refractivity contribution is 5.82. The largest absolute Gasteiger partial charge is 0.458 e. The van der Waals surface area contributed by atoms with Crippen molar-refractivity contribution in [3.8, 4) is 0 Å². The molecule has 0 aliphatic heterocycles. The van der Waals surface area contributed by atoms with Gasteiger partial charge in [0.15, 0.2) is 0 Å². The van der Waals surface area contributed by atoms with E-state index < -0.39 is 0 Å². The van der Waals surface area contributed by atoms with Crippen molar-refractivity contribution in [3.63, 3.8) is 0 Å². The van der Waals surface area contributed by atoms with Crippen LogP contribution in [0.5, 0.6) is 0 Å². The smallest absolute Gasteiger partial charge is 0.135 e. The average molecular weight is 287 g/mol. The predicted molar refractivity (Wildman–Crippen MR) is 85.2 cm³/mol. The Morgan fingerprint density at radius 3 is 2.86 bits per heavy atom. The van der Waals surface area contributed by atoms with Crippen LogP contribution in [0.2, 0.25) is 0 Å². The van der Waals surface area contributed by atoms with Crippen molar-refractivity contribution in [2.45, 2.75) is 52.3 Å². The minimum atomic E-state index is 0.460. The topological polar surface area (TPSA) is 34.4 Å². The molecule has 0 spiro atoms. The maximum Gasteiger partial charge on any atom is 0.135 e. The van der Waals surface area contributed by atoms with Crippen LogP contribution in [0.4, 0.5) is 0 Å². The summed E-state index contributed by atoms with van der Waals surface area (Å²) in [6.45, 7) is 6.58. The van der Waals surface area contributed by atoms with Crippen molar-refractivity contribution in [3.05, 3.63) is 35.6 Å². The lowest BCUT2D eigenvalue weighted by molar-refractivity contribution is 0.101. The zero-order valence-electron chi connectivity index (χ0n) is 13.0. The molecule has 1 aliphatic carbocycles. The molecule has 1 heterocycles. The molecule has 1 fully saturated rings. The molecule has 1 aromatic carbocycles. The second kappa shape index (κ2) is 6.63. The van der Waals surface area contributed by atoms with E-state index in [2.05, 4.69) is 31.3 Å². The van der Waals surface area contributed by atoms with Crippen molar-refractivity contribution >= 4 is 11.0 Å². The molecule has 3 nitrogen and oxygen atoms in total. The number of fused-ring (bicyclic) bond motifs is 1. The lowest BCUT2D eigenvalue weighted by atomic mass is 10.1. The summed E-state index contributed by atoms with van der Waals surface area (Å²) in [7, 11) is 0. The molecule has 0 atom stereocenters. The third kappa shape index (κ3) is 3.86. The third-order valence-corrected chi connectivity index (χ3v) is 4.07. The summed E-state index contributed by atoms with van der Waals surface area (Å²) in [6, 6.07) is 8.70. The molecule has 3 heteroatoms. The highest BCUT2D eigenvalue weighted by Gasteiger charge is 2.21. The number of furan rings is 1. The first kappa shape index (κ1) is 14.6. The molecule has 0 radical (unpaired) electrons. The lowest BCUT2D eigenvalue weighted by Crippen LogP contribution is -2.22. The van der Waals surface area contributed by atoms with E-state index in [9.17, 15) is 0 Å². The van der Waals surface area contributed by atoms with Crippen LogP contribution >= 0.6 is 0 Å². The van der Waals surface area contributed by atoms with E-state index in [0.29, 0.717) is 12.6 Å². The van der Waals surface area contributed by atoms with Crippen molar-refractivity contribution in [1.29, 1.82) is 0 Å². The SMILES string of the molecule is CC(C)NCc1c(COCCC2CC2)oc2ccccc12. The molecular weight excluding hydrogens is 262 g/mol.